The van der Waals surface area contributed by atoms with Gasteiger partial charge in [0.25, 0.3) is 5.91 Å². The van der Waals surface area contributed by atoms with Crippen LogP contribution >= 0.6 is 0 Å². The molecule has 0 bridgehead atoms. The number of carbonyl (C=O) groups is 2. The van der Waals surface area contributed by atoms with Gasteiger partial charge in [-0.3, -0.25) is 9.78 Å². The SMILES string of the molecule is CCN(C)c1ccccc1-c1ccc(C(=O)O)c(NC(=O)c2cncc(-c3ccccc3)c2)c1.[NaH]. The van der Waals surface area contributed by atoms with Gasteiger partial charge in [-0.1, -0.05) is 54.6 Å². The summed E-state index contributed by atoms with van der Waals surface area (Å²) in [5.41, 5.74) is 5.12. The van der Waals surface area contributed by atoms with Crippen LogP contribution in [-0.4, -0.2) is 65.1 Å². The molecule has 4 rings (SSSR count). The Hall–Kier alpha value is -3.45. The van der Waals surface area contributed by atoms with Crippen LogP contribution in [0.4, 0.5) is 11.4 Å². The number of pyridine rings is 1. The van der Waals surface area contributed by atoms with Crippen molar-refractivity contribution in [2.45, 2.75) is 6.92 Å². The van der Waals surface area contributed by atoms with Crippen LogP contribution in [0.25, 0.3) is 22.3 Å². The van der Waals surface area contributed by atoms with Gasteiger partial charge in [0.05, 0.1) is 16.8 Å². The third-order valence-corrected chi connectivity index (χ3v) is 5.71. The molecule has 0 saturated carbocycles. The first kappa shape index (κ1) is 26.2. The number of para-hydroxylation sites is 1. The summed E-state index contributed by atoms with van der Waals surface area (Å²) >= 11 is 0. The first-order chi connectivity index (χ1) is 16.5. The zero-order valence-corrected chi connectivity index (χ0v) is 19.0. The van der Waals surface area contributed by atoms with E-state index in [9.17, 15) is 14.7 Å². The molecule has 0 radical (unpaired) electrons. The van der Waals surface area contributed by atoms with E-state index >= 15 is 0 Å². The van der Waals surface area contributed by atoms with E-state index in [2.05, 4.69) is 22.1 Å². The van der Waals surface area contributed by atoms with Crippen LogP contribution in [0, 0.1) is 0 Å². The molecule has 3 aromatic carbocycles. The summed E-state index contributed by atoms with van der Waals surface area (Å²) in [5.74, 6) is -1.54. The molecule has 7 heteroatoms. The summed E-state index contributed by atoms with van der Waals surface area (Å²) < 4.78 is 0. The summed E-state index contributed by atoms with van der Waals surface area (Å²) in [4.78, 5) is 31.3. The number of hydrogen-bond acceptors (Lipinski definition) is 4. The van der Waals surface area contributed by atoms with Crippen LogP contribution < -0.4 is 10.2 Å². The fourth-order valence-corrected chi connectivity index (χ4v) is 3.77. The number of aromatic carboxylic acids is 1. The van der Waals surface area contributed by atoms with Crippen LogP contribution in [0.1, 0.15) is 27.6 Å². The predicted molar refractivity (Wildman–Crippen MR) is 143 cm³/mol. The van der Waals surface area contributed by atoms with Crippen molar-refractivity contribution in [3.8, 4) is 22.3 Å². The zero-order valence-electron chi connectivity index (χ0n) is 19.0. The Balaban J connectivity index is 0.00000342. The summed E-state index contributed by atoms with van der Waals surface area (Å²) in [6.07, 6.45) is 3.16. The van der Waals surface area contributed by atoms with Crippen LogP contribution in [0.3, 0.4) is 0 Å². The molecular weight excluding hydrogens is 449 g/mol. The number of carboxylic acid groups (broad SMARTS) is 1. The van der Waals surface area contributed by atoms with E-state index in [0.717, 1.165) is 34.5 Å². The first-order valence-electron chi connectivity index (χ1n) is 11.0. The fourth-order valence-electron chi connectivity index (χ4n) is 3.77. The molecule has 0 saturated heterocycles. The number of rotatable bonds is 7. The number of benzene rings is 3. The number of amides is 1. The van der Waals surface area contributed by atoms with Gasteiger partial charge in [-0.05, 0) is 42.3 Å². The van der Waals surface area contributed by atoms with Gasteiger partial charge in [0.2, 0.25) is 0 Å². The third-order valence-electron chi connectivity index (χ3n) is 5.71. The Morgan fingerprint density at radius 3 is 2.31 bits per heavy atom. The van der Waals surface area contributed by atoms with Gasteiger partial charge >= 0.3 is 35.5 Å². The van der Waals surface area contributed by atoms with Crippen molar-refractivity contribution in [3.63, 3.8) is 0 Å². The van der Waals surface area contributed by atoms with Crippen LogP contribution in [0.5, 0.6) is 0 Å². The van der Waals surface area contributed by atoms with E-state index in [1.807, 2.05) is 61.6 Å². The minimum atomic E-state index is -1.11. The van der Waals surface area contributed by atoms with E-state index < -0.39 is 11.9 Å². The number of carbonyl (C=O) groups excluding carboxylic acids is 1. The Kier molecular flexibility index (Phi) is 8.82. The average Bonchev–Trinajstić information content (AvgIpc) is 2.88. The second-order valence-corrected chi connectivity index (χ2v) is 7.88. The summed E-state index contributed by atoms with van der Waals surface area (Å²) in [6, 6.07) is 24.3. The first-order valence-corrected chi connectivity index (χ1v) is 11.0. The van der Waals surface area contributed by atoms with E-state index in [1.54, 1.807) is 24.4 Å². The summed E-state index contributed by atoms with van der Waals surface area (Å²) in [5, 5.41) is 12.5. The van der Waals surface area contributed by atoms with Crippen molar-refractivity contribution < 1.29 is 14.7 Å². The zero-order chi connectivity index (χ0) is 24.1. The number of carboxylic acids is 1. The van der Waals surface area contributed by atoms with E-state index in [1.165, 1.54) is 12.3 Å². The molecule has 1 heterocycles. The molecule has 1 amide bonds. The molecule has 4 aromatic rings. The Labute approximate surface area is 226 Å². The topological polar surface area (TPSA) is 82.5 Å². The van der Waals surface area contributed by atoms with Crippen molar-refractivity contribution in [2.75, 3.05) is 23.8 Å². The number of hydrogen-bond donors (Lipinski definition) is 2. The Morgan fingerprint density at radius 1 is 0.886 bits per heavy atom. The van der Waals surface area contributed by atoms with Gasteiger partial charge in [0.15, 0.2) is 0 Å². The normalized spacial score (nSPS) is 10.2. The van der Waals surface area contributed by atoms with Crippen molar-refractivity contribution >= 4 is 52.8 Å². The van der Waals surface area contributed by atoms with Crippen LogP contribution in [-0.2, 0) is 0 Å². The number of nitrogens with one attached hydrogen (secondary N) is 1. The second-order valence-electron chi connectivity index (χ2n) is 7.88. The molecule has 0 fully saturated rings. The van der Waals surface area contributed by atoms with Crippen molar-refractivity contribution in [2.24, 2.45) is 0 Å². The number of anilines is 2. The van der Waals surface area contributed by atoms with Crippen molar-refractivity contribution in [3.05, 3.63) is 102 Å². The van der Waals surface area contributed by atoms with Crippen molar-refractivity contribution in [1.29, 1.82) is 0 Å². The molecule has 0 unspecified atom stereocenters. The molecule has 0 aliphatic heterocycles. The molecule has 0 aliphatic rings. The third kappa shape index (κ3) is 5.98. The second kappa shape index (κ2) is 11.8. The molecule has 2 N–H and O–H groups in total. The number of aromatic nitrogens is 1. The fraction of sp³-hybridized carbons (Fsp3) is 0.107. The van der Waals surface area contributed by atoms with Gasteiger partial charge in [-0.25, -0.2) is 4.79 Å². The maximum absolute atomic E-state index is 13.1. The Morgan fingerprint density at radius 2 is 1.60 bits per heavy atom. The quantitative estimate of drug-likeness (QED) is 0.360. The van der Waals surface area contributed by atoms with Gasteiger partial charge in [-0.15, -0.1) is 0 Å². The molecule has 172 valence electrons. The molecule has 0 aliphatic carbocycles. The Bertz CT molecular complexity index is 1340. The number of nitrogens with zero attached hydrogens (tertiary/aromatic N) is 2. The van der Waals surface area contributed by atoms with Gasteiger partial charge in [-0.2, -0.15) is 0 Å². The van der Waals surface area contributed by atoms with Crippen LogP contribution in [0.15, 0.2) is 91.3 Å². The summed E-state index contributed by atoms with van der Waals surface area (Å²) in [7, 11) is 2.00. The van der Waals surface area contributed by atoms with Crippen molar-refractivity contribution in [1.82, 2.24) is 4.98 Å². The molecule has 0 atom stereocenters. The van der Waals surface area contributed by atoms with E-state index in [4.69, 9.17) is 0 Å². The molecule has 6 nitrogen and oxygen atoms in total. The summed E-state index contributed by atoms with van der Waals surface area (Å²) in [6.45, 7) is 2.88. The standard InChI is InChI=1S/C28H25N3O3.Na.H/c1-3-31(2)26-12-8-7-11-23(26)20-13-14-24(28(33)34)25(16-20)30-27(32)22-15-21(17-29-18-22)19-9-5-4-6-10-19;;/h4-18H,3H2,1-2H3,(H,30,32)(H,33,34);;. The van der Waals surface area contributed by atoms with E-state index in [0.29, 0.717) is 5.56 Å². The average molecular weight is 476 g/mol. The molecular formula is C28H26N3NaO3. The van der Waals surface area contributed by atoms with Crippen LogP contribution in [0.2, 0.25) is 0 Å². The minimum absolute atomic E-state index is 0. The van der Waals surface area contributed by atoms with Gasteiger partial charge in [0.1, 0.15) is 0 Å². The van der Waals surface area contributed by atoms with Gasteiger partial charge in [0, 0.05) is 42.8 Å². The predicted octanol–water partition coefficient (Wildman–Crippen LogP) is 5.17. The molecule has 0 spiro atoms. The molecule has 1 aromatic heterocycles. The maximum atomic E-state index is 13.1. The monoisotopic (exact) mass is 475 g/mol. The van der Waals surface area contributed by atoms with Gasteiger partial charge < -0.3 is 15.3 Å². The van der Waals surface area contributed by atoms with E-state index in [-0.39, 0.29) is 40.8 Å². The molecule has 35 heavy (non-hydrogen) atoms.